The molecule has 0 atom stereocenters. The molecule has 1 aromatic rings. The zero-order chi connectivity index (χ0) is 7.40. The van der Waals surface area contributed by atoms with E-state index in [1.165, 1.54) is 4.88 Å². The van der Waals surface area contributed by atoms with Crippen molar-refractivity contribution in [3.05, 3.63) is 21.9 Å². The van der Waals surface area contributed by atoms with E-state index in [-0.39, 0.29) is 0 Å². The largest absolute Gasteiger partial charge is 0.192 e. The van der Waals surface area contributed by atoms with E-state index in [0.717, 1.165) is 10.6 Å². The van der Waals surface area contributed by atoms with Gasteiger partial charge in [-0.25, -0.2) is 0 Å². The molecule has 0 aliphatic carbocycles. The lowest BCUT2D eigenvalue weighted by Gasteiger charge is -1.86. The molecule has 0 aromatic carbocycles. The maximum absolute atomic E-state index is 8.47. The predicted octanol–water partition coefficient (Wildman–Crippen LogP) is 2.48. The molecule has 3 heteroatoms. The third kappa shape index (κ3) is 1.76. The fourth-order valence-corrected chi connectivity index (χ4v) is 2.23. The van der Waals surface area contributed by atoms with E-state index in [2.05, 4.69) is 12.3 Å². The van der Waals surface area contributed by atoms with Crippen LogP contribution < -0.4 is 0 Å². The molecule has 1 heterocycles. The van der Waals surface area contributed by atoms with Gasteiger partial charge in [0.05, 0.1) is 0 Å². The first-order valence-corrected chi connectivity index (χ1v) is 5.05. The summed E-state index contributed by atoms with van der Waals surface area (Å²) in [5.74, 6) is 1.02. The number of thioether (sulfide) groups is 1. The van der Waals surface area contributed by atoms with Crippen LogP contribution in [0.3, 0.4) is 0 Å². The van der Waals surface area contributed by atoms with Crippen LogP contribution in [0, 0.1) is 11.3 Å². The second kappa shape index (κ2) is 3.65. The standard InChI is InChI=1S/C7H7NS2/c1-9-5-7-3-2-6(4-8)10-7/h2-3H,5H2,1H3. The van der Waals surface area contributed by atoms with Gasteiger partial charge >= 0.3 is 0 Å². The van der Waals surface area contributed by atoms with Gasteiger partial charge in [0.25, 0.3) is 0 Å². The normalized spacial score (nSPS) is 9.20. The average Bonchev–Trinajstić information content (AvgIpc) is 2.37. The van der Waals surface area contributed by atoms with Gasteiger partial charge in [-0.15, -0.1) is 11.3 Å². The van der Waals surface area contributed by atoms with Crippen molar-refractivity contribution in [3.63, 3.8) is 0 Å². The van der Waals surface area contributed by atoms with Crippen LogP contribution in [-0.2, 0) is 5.75 Å². The smallest absolute Gasteiger partial charge is 0.110 e. The Kier molecular flexibility index (Phi) is 2.79. The second-order valence-electron chi connectivity index (χ2n) is 1.81. The van der Waals surface area contributed by atoms with Crippen LogP contribution >= 0.6 is 23.1 Å². The van der Waals surface area contributed by atoms with Crippen molar-refractivity contribution in [2.45, 2.75) is 5.75 Å². The van der Waals surface area contributed by atoms with Crippen molar-refractivity contribution in [1.82, 2.24) is 0 Å². The molecule has 0 unspecified atom stereocenters. The van der Waals surface area contributed by atoms with Crippen LogP contribution in [0.4, 0.5) is 0 Å². The summed E-state index contributed by atoms with van der Waals surface area (Å²) in [5, 5.41) is 8.47. The quantitative estimate of drug-likeness (QED) is 0.679. The highest BCUT2D eigenvalue weighted by Crippen LogP contribution is 2.19. The molecule has 10 heavy (non-hydrogen) atoms. The van der Waals surface area contributed by atoms with Crippen molar-refractivity contribution in [2.24, 2.45) is 0 Å². The lowest BCUT2D eigenvalue weighted by Crippen LogP contribution is -1.65. The topological polar surface area (TPSA) is 23.8 Å². The minimum absolute atomic E-state index is 0.809. The number of thiophene rings is 1. The van der Waals surface area contributed by atoms with E-state index in [1.54, 1.807) is 23.1 Å². The highest BCUT2D eigenvalue weighted by atomic mass is 32.2. The Labute approximate surface area is 68.7 Å². The number of nitriles is 1. The molecule has 0 bridgehead atoms. The zero-order valence-electron chi connectivity index (χ0n) is 5.63. The van der Waals surface area contributed by atoms with Crippen LogP contribution in [0.15, 0.2) is 12.1 Å². The molecule has 0 saturated heterocycles. The van der Waals surface area contributed by atoms with Crippen molar-refractivity contribution in [1.29, 1.82) is 5.26 Å². The second-order valence-corrected chi connectivity index (χ2v) is 3.85. The third-order valence-corrected chi connectivity index (χ3v) is 2.83. The maximum Gasteiger partial charge on any atom is 0.110 e. The Bertz CT molecular complexity index is 246. The SMILES string of the molecule is CSCc1ccc(C#N)s1. The highest BCUT2D eigenvalue weighted by Gasteiger charge is 1.96. The fraction of sp³-hybridized carbons (Fsp3) is 0.286. The highest BCUT2D eigenvalue weighted by molar-refractivity contribution is 7.97. The summed E-state index contributed by atoms with van der Waals surface area (Å²) in [6, 6.07) is 6.00. The van der Waals surface area contributed by atoms with Crippen LogP contribution in [0.2, 0.25) is 0 Å². The van der Waals surface area contributed by atoms with Crippen molar-refractivity contribution >= 4 is 23.1 Å². The van der Waals surface area contributed by atoms with Crippen LogP contribution in [0.1, 0.15) is 9.75 Å². The molecular formula is C7H7NS2. The summed E-state index contributed by atoms with van der Waals surface area (Å²) >= 11 is 3.36. The molecule has 1 rings (SSSR count). The molecule has 0 spiro atoms. The van der Waals surface area contributed by atoms with Crippen LogP contribution in [0.5, 0.6) is 0 Å². The van der Waals surface area contributed by atoms with Gasteiger partial charge < -0.3 is 0 Å². The van der Waals surface area contributed by atoms with Gasteiger partial charge in [-0.1, -0.05) is 0 Å². The fourth-order valence-electron chi connectivity index (χ4n) is 0.658. The first-order valence-electron chi connectivity index (χ1n) is 2.84. The maximum atomic E-state index is 8.47. The summed E-state index contributed by atoms with van der Waals surface area (Å²) in [5.41, 5.74) is 0. The summed E-state index contributed by atoms with van der Waals surface area (Å²) in [7, 11) is 0. The molecule has 1 nitrogen and oxygen atoms in total. The monoisotopic (exact) mass is 169 g/mol. The van der Waals surface area contributed by atoms with Crippen LogP contribution in [0.25, 0.3) is 0 Å². The molecule has 0 saturated carbocycles. The van der Waals surface area contributed by atoms with Gasteiger partial charge in [0.1, 0.15) is 10.9 Å². The van der Waals surface area contributed by atoms with E-state index in [1.807, 2.05) is 12.1 Å². The Balaban J connectivity index is 2.71. The molecular weight excluding hydrogens is 162 g/mol. The molecule has 1 aromatic heterocycles. The molecule has 0 fully saturated rings. The van der Waals surface area contributed by atoms with Crippen LogP contribution in [-0.4, -0.2) is 6.26 Å². The van der Waals surface area contributed by atoms with Gasteiger partial charge in [-0.05, 0) is 18.4 Å². The summed E-state index contributed by atoms with van der Waals surface area (Å²) in [4.78, 5) is 2.09. The van der Waals surface area contributed by atoms with Crippen molar-refractivity contribution in [2.75, 3.05) is 6.26 Å². The van der Waals surface area contributed by atoms with E-state index >= 15 is 0 Å². The number of rotatable bonds is 2. The Morgan fingerprint density at radius 3 is 3.00 bits per heavy atom. The third-order valence-electron chi connectivity index (χ3n) is 1.06. The van der Waals surface area contributed by atoms with E-state index < -0.39 is 0 Å². The predicted molar refractivity (Wildman–Crippen MR) is 46.3 cm³/mol. The number of nitrogens with zero attached hydrogens (tertiary/aromatic N) is 1. The molecule has 52 valence electrons. The zero-order valence-corrected chi connectivity index (χ0v) is 7.26. The Morgan fingerprint density at radius 1 is 1.70 bits per heavy atom. The van der Waals surface area contributed by atoms with E-state index in [4.69, 9.17) is 5.26 Å². The minimum atomic E-state index is 0.809. The van der Waals surface area contributed by atoms with Gasteiger partial charge in [0.15, 0.2) is 0 Å². The average molecular weight is 169 g/mol. The van der Waals surface area contributed by atoms with E-state index in [9.17, 15) is 0 Å². The summed E-state index contributed by atoms with van der Waals surface area (Å²) in [6.45, 7) is 0. The molecule has 0 aliphatic heterocycles. The van der Waals surface area contributed by atoms with Crippen molar-refractivity contribution in [3.8, 4) is 6.07 Å². The molecule has 0 aliphatic rings. The first kappa shape index (κ1) is 7.64. The summed E-state index contributed by atoms with van der Waals surface area (Å²) in [6.07, 6.45) is 2.06. The molecule has 0 radical (unpaired) electrons. The van der Waals surface area contributed by atoms with Gasteiger partial charge in [-0.2, -0.15) is 17.0 Å². The van der Waals surface area contributed by atoms with Gasteiger partial charge in [0.2, 0.25) is 0 Å². The van der Waals surface area contributed by atoms with Gasteiger partial charge in [0, 0.05) is 10.6 Å². The Hall–Kier alpha value is -0.460. The first-order chi connectivity index (χ1) is 4.86. The number of hydrogen-bond acceptors (Lipinski definition) is 3. The van der Waals surface area contributed by atoms with Crippen molar-refractivity contribution < 1.29 is 0 Å². The molecule has 0 N–H and O–H groups in total. The van der Waals surface area contributed by atoms with E-state index in [0.29, 0.717) is 0 Å². The lowest BCUT2D eigenvalue weighted by molar-refractivity contribution is 1.52. The molecule has 0 amide bonds. The summed E-state index contributed by atoms with van der Waals surface area (Å²) < 4.78 is 0. The lowest BCUT2D eigenvalue weighted by atomic mass is 10.4. The van der Waals surface area contributed by atoms with Gasteiger partial charge in [-0.3, -0.25) is 0 Å². The number of hydrogen-bond donors (Lipinski definition) is 0. The Morgan fingerprint density at radius 2 is 2.50 bits per heavy atom. The minimum Gasteiger partial charge on any atom is -0.192 e.